The molecule has 28 heavy (non-hydrogen) atoms. The maximum absolute atomic E-state index is 13.0. The van der Waals surface area contributed by atoms with E-state index >= 15 is 0 Å². The van der Waals surface area contributed by atoms with Crippen molar-refractivity contribution in [3.63, 3.8) is 0 Å². The zero-order chi connectivity index (χ0) is 19.3. The number of piperazine rings is 1. The summed E-state index contributed by atoms with van der Waals surface area (Å²) in [6.45, 7) is 6.08. The van der Waals surface area contributed by atoms with Gasteiger partial charge in [-0.3, -0.25) is 4.79 Å². The molecule has 2 aliphatic rings. The van der Waals surface area contributed by atoms with Gasteiger partial charge in [0.05, 0.1) is 20.3 Å². The monoisotopic (exact) mass is 382 g/mol. The average molecular weight is 382 g/mol. The number of anilines is 2. The Hall–Kier alpha value is -2.80. The lowest BCUT2D eigenvalue weighted by molar-refractivity contribution is 0.0746. The highest BCUT2D eigenvalue weighted by Crippen LogP contribution is 2.21. The predicted octanol–water partition coefficient (Wildman–Crippen LogP) is 1.89. The molecule has 2 aliphatic heterocycles. The Labute approximate surface area is 165 Å². The third-order valence-electron chi connectivity index (χ3n) is 5.33. The number of carbonyl (C=O) groups excluding carboxylic acids is 1. The molecular formula is C21H26N4O3. The number of carbonyl (C=O) groups is 1. The van der Waals surface area contributed by atoms with Crippen LogP contribution < -0.4 is 14.5 Å². The van der Waals surface area contributed by atoms with Crippen LogP contribution in [-0.2, 0) is 4.74 Å². The number of hydrogen-bond acceptors (Lipinski definition) is 6. The van der Waals surface area contributed by atoms with Crippen molar-refractivity contribution in [3.8, 4) is 5.75 Å². The highest BCUT2D eigenvalue weighted by atomic mass is 16.5. The molecule has 1 amide bonds. The molecule has 7 nitrogen and oxygen atoms in total. The maximum Gasteiger partial charge on any atom is 0.254 e. The molecule has 1 aromatic heterocycles. The standard InChI is InChI=1S/C21H26N4O3/c1-27-19-4-2-18(3-5-19)23-8-10-25(11-9-23)21(26)17-6-7-22-20(16-17)24-12-14-28-15-13-24/h2-7,16H,8-15H2,1H3. The highest BCUT2D eigenvalue weighted by molar-refractivity contribution is 5.95. The van der Waals surface area contributed by atoms with Gasteiger partial charge in [-0.1, -0.05) is 0 Å². The van der Waals surface area contributed by atoms with Crippen molar-refractivity contribution in [3.05, 3.63) is 48.2 Å². The molecule has 3 heterocycles. The molecule has 0 spiro atoms. The molecule has 0 aliphatic carbocycles. The molecule has 0 unspecified atom stereocenters. The number of benzene rings is 1. The lowest BCUT2D eigenvalue weighted by atomic mass is 10.2. The van der Waals surface area contributed by atoms with E-state index in [0.29, 0.717) is 31.9 Å². The van der Waals surface area contributed by atoms with E-state index in [1.807, 2.05) is 29.2 Å². The molecule has 0 atom stereocenters. The Morgan fingerprint density at radius 2 is 1.68 bits per heavy atom. The third-order valence-corrected chi connectivity index (χ3v) is 5.33. The van der Waals surface area contributed by atoms with Crippen molar-refractivity contribution < 1.29 is 14.3 Å². The number of hydrogen-bond donors (Lipinski definition) is 0. The first-order valence-electron chi connectivity index (χ1n) is 9.71. The number of ether oxygens (including phenoxy) is 2. The lowest BCUT2D eigenvalue weighted by Gasteiger charge is -2.36. The smallest absolute Gasteiger partial charge is 0.254 e. The van der Waals surface area contributed by atoms with E-state index in [1.54, 1.807) is 13.3 Å². The van der Waals surface area contributed by atoms with Gasteiger partial charge in [-0.05, 0) is 36.4 Å². The Morgan fingerprint density at radius 1 is 0.964 bits per heavy atom. The number of morpholine rings is 1. The van der Waals surface area contributed by atoms with Crippen molar-refractivity contribution >= 4 is 17.4 Å². The largest absolute Gasteiger partial charge is 0.497 e. The Balaban J connectivity index is 1.38. The Bertz CT molecular complexity index is 798. The van der Waals surface area contributed by atoms with Gasteiger partial charge in [0, 0.05) is 56.7 Å². The first-order valence-corrected chi connectivity index (χ1v) is 9.71. The fourth-order valence-corrected chi connectivity index (χ4v) is 3.66. The zero-order valence-electron chi connectivity index (χ0n) is 16.2. The molecule has 2 fully saturated rings. The Kier molecular flexibility index (Phi) is 5.62. The second kappa shape index (κ2) is 8.48. The van der Waals surface area contributed by atoms with Crippen molar-refractivity contribution in [1.82, 2.24) is 9.88 Å². The van der Waals surface area contributed by atoms with Gasteiger partial charge in [0.15, 0.2) is 0 Å². The number of amides is 1. The first-order chi connectivity index (χ1) is 13.7. The summed E-state index contributed by atoms with van der Waals surface area (Å²) in [5, 5.41) is 0. The van der Waals surface area contributed by atoms with Crippen molar-refractivity contribution in [1.29, 1.82) is 0 Å². The quantitative estimate of drug-likeness (QED) is 0.805. The van der Waals surface area contributed by atoms with Crippen LogP contribution in [0.15, 0.2) is 42.6 Å². The minimum absolute atomic E-state index is 0.0753. The molecule has 0 radical (unpaired) electrons. The van der Waals surface area contributed by atoms with Gasteiger partial charge in [-0.2, -0.15) is 0 Å². The number of aromatic nitrogens is 1. The summed E-state index contributed by atoms with van der Waals surface area (Å²) in [6.07, 6.45) is 1.73. The zero-order valence-corrected chi connectivity index (χ0v) is 16.2. The topological polar surface area (TPSA) is 58.1 Å². The lowest BCUT2D eigenvalue weighted by Crippen LogP contribution is -2.48. The molecule has 148 valence electrons. The van der Waals surface area contributed by atoms with Crippen molar-refractivity contribution in [2.24, 2.45) is 0 Å². The van der Waals surface area contributed by atoms with Crippen molar-refractivity contribution in [2.75, 3.05) is 69.4 Å². The highest BCUT2D eigenvalue weighted by Gasteiger charge is 2.23. The number of pyridine rings is 1. The molecule has 7 heteroatoms. The van der Waals surface area contributed by atoms with Gasteiger partial charge >= 0.3 is 0 Å². The fraction of sp³-hybridized carbons (Fsp3) is 0.429. The minimum Gasteiger partial charge on any atom is -0.497 e. The summed E-state index contributed by atoms with van der Waals surface area (Å²) in [6, 6.07) is 11.8. The molecule has 2 aromatic rings. The summed E-state index contributed by atoms with van der Waals surface area (Å²) < 4.78 is 10.6. The van der Waals surface area contributed by atoms with Crippen LogP contribution in [-0.4, -0.2) is 75.4 Å². The normalized spacial score (nSPS) is 17.5. The molecule has 4 rings (SSSR count). The Morgan fingerprint density at radius 3 is 2.36 bits per heavy atom. The minimum atomic E-state index is 0.0753. The van der Waals surface area contributed by atoms with Gasteiger partial charge in [0.1, 0.15) is 11.6 Å². The van der Waals surface area contributed by atoms with Crippen LogP contribution in [0.2, 0.25) is 0 Å². The summed E-state index contributed by atoms with van der Waals surface area (Å²) in [5.74, 6) is 1.78. The second-order valence-corrected chi connectivity index (χ2v) is 6.98. The summed E-state index contributed by atoms with van der Waals surface area (Å²) in [7, 11) is 1.67. The molecule has 0 N–H and O–H groups in total. The van der Waals surface area contributed by atoms with E-state index in [9.17, 15) is 4.79 Å². The van der Waals surface area contributed by atoms with Crippen LogP contribution >= 0.6 is 0 Å². The van der Waals surface area contributed by atoms with E-state index in [2.05, 4.69) is 26.9 Å². The first kappa shape index (κ1) is 18.6. The van der Waals surface area contributed by atoms with E-state index < -0.39 is 0 Å². The van der Waals surface area contributed by atoms with Gasteiger partial charge < -0.3 is 24.2 Å². The molecular weight excluding hydrogens is 356 g/mol. The maximum atomic E-state index is 13.0. The number of rotatable bonds is 4. The van der Waals surface area contributed by atoms with Crippen molar-refractivity contribution in [2.45, 2.75) is 0 Å². The number of methoxy groups -OCH3 is 1. The fourth-order valence-electron chi connectivity index (χ4n) is 3.66. The third kappa shape index (κ3) is 4.04. The van der Waals surface area contributed by atoms with Crippen LogP contribution in [0.1, 0.15) is 10.4 Å². The van der Waals surface area contributed by atoms with E-state index in [-0.39, 0.29) is 5.91 Å². The van der Waals surface area contributed by atoms with Gasteiger partial charge in [0.2, 0.25) is 0 Å². The summed E-state index contributed by atoms with van der Waals surface area (Å²) in [4.78, 5) is 23.8. The summed E-state index contributed by atoms with van der Waals surface area (Å²) in [5.41, 5.74) is 1.86. The SMILES string of the molecule is COc1ccc(N2CCN(C(=O)c3ccnc(N4CCOCC4)c3)CC2)cc1. The number of nitrogens with zero attached hydrogens (tertiary/aromatic N) is 4. The van der Waals surface area contributed by atoms with Crippen LogP contribution in [0.3, 0.4) is 0 Å². The van der Waals surface area contributed by atoms with Gasteiger partial charge in [-0.15, -0.1) is 0 Å². The van der Waals surface area contributed by atoms with Crippen LogP contribution in [0.4, 0.5) is 11.5 Å². The predicted molar refractivity (Wildman–Crippen MR) is 108 cm³/mol. The average Bonchev–Trinajstić information content (AvgIpc) is 2.79. The van der Waals surface area contributed by atoms with E-state index in [1.165, 1.54) is 0 Å². The van der Waals surface area contributed by atoms with Crippen LogP contribution in [0, 0.1) is 0 Å². The van der Waals surface area contributed by atoms with Gasteiger partial charge in [0.25, 0.3) is 5.91 Å². The second-order valence-electron chi connectivity index (χ2n) is 6.98. The molecule has 2 saturated heterocycles. The van der Waals surface area contributed by atoms with Gasteiger partial charge in [-0.25, -0.2) is 4.98 Å². The molecule has 1 aromatic carbocycles. The molecule has 0 bridgehead atoms. The van der Waals surface area contributed by atoms with E-state index in [0.717, 1.165) is 43.4 Å². The van der Waals surface area contributed by atoms with Crippen LogP contribution in [0.25, 0.3) is 0 Å². The molecule has 0 saturated carbocycles. The van der Waals surface area contributed by atoms with Crippen LogP contribution in [0.5, 0.6) is 5.75 Å². The summed E-state index contributed by atoms with van der Waals surface area (Å²) >= 11 is 0. The van der Waals surface area contributed by atoms with E-state index in [4.69, 9.17) is 9.47 Å².